The van der Waals surface area contributed by atoms with E-state index in [0.29, 0.717) is 17.3 Å². The highest BCUT2D eigenvalue weighted by molar-refractivity contribution is 6.30. The third kappa shape index (κ3) is 4.39. The van der Waals surface area contributed by atoms with E-state index >= 15 is 0 Å². The van der Waals surface area contributed by atoms with Gasteiger partial charge in [0.1, 0.15) is 5.75 Å². The van der Waals surface area contributed by atoms with Crippen LogP contribution in [0.4, 0.5) is 5.69 Å². The smallest absolute Gasteiger partial charge is 0.258 e. The molecule has 1 amide bonds. The van der Waals surface area contributed by atoms with Gasteiger partial charge in [-0.2, -0.15) is 0 Å². The third-order valence-corrected chi connectivity index (χ3v) is 3.36. The van der Waals surface area contributed by atoms with Gasteiger partial charge in [0.2, 0.25) is 0 Å². The molecule has 0 radical (unpaired) electrons. The molecule has 0 atom stereocenters. The fourth-order valence-corrected chi connectivity index (χ4v) is 2.03. The standard InChI is InChI=1S/C16H17ClN2O2/c1-11-12(4-2-7-15(11)18)9-19-16(20)10-21-14-6-3-5-13(17)8-14/h2-8H,9-10,18H2,1H3,(H,19,20). The minimum absolute atomic E-state index is 0.0539. The van der Waals surface area contributed by atoms with Gasteiger partial charge in [-0.25, -0.2) is 0 Å². The molecule has 0 fully saturated rings. The third-order valence-electron chi connectivity index (χ3n) is 3.13. The van der Waals surface area contributed by atoms with Crippen LogP contribution in [0.5, 0.6) is 5.75 Å². The molecule has 110 valence electrons. The van der Waals surface area contributed by atoms with Crippen LogP contribution in [0.3, 0.4) is 0 Å². The fraction of sp³-hybridized carbons (Fsp3) is 0.188. The molecule has 2 aromatic rings. The number of rotatable bonds is 5. The summed E-state index contributed by atoms with van der Waals surface area (Å²) in [6.07, 6.45) is 0. The van der Waals surface area contributed by atoms with Crippen LogP contribution in [0.15, 0.2) is 42.5 Å². The van der Waals surface area contributed by atoms with Crippen molar-refractivity contribution in [3.05, 3.63) is 58.6 Å². The Morgan fingerprint density at radius 1 is 1.29 bits per heavy atom. The summed E-state index contributed by atoms with van der Waals surface area (Å²) in [5.74, 6) is 0.370. The topological polar surface area (TPSA) is 64.3 Å². The zero-order valence-electron chi connectivity index (χ0n) is 11.7. The van der Waals surface area contributed by atoms with Gasteiger partial charge in [-0.15, -0.1) is 0 Å². The molecule has 0 saturated heterocycles. The predicted octanol–water partition coefficient (Wildman–Crippen LogP) is 2.93. The number of nitrogens with one attached hydrogen (secondary N) is 1. The van der Waals surface area contributed by atoms with E-state index in [0.717, 1.165) is 16.8 Å². The number of benzene rings is 2. The van der Waals surface area contributed by atoms with Crippen molar-refractivity contribution in [3.63, 3.8) is 0 Å². The molecule has 0 aromatic heterocycles. The lowest BCUT2D eigenvalue weighted by atomic mass is 10.1. The number of nitrogens with two attached hydrogens (primary N) is 1. The van der Waals surface area contributed by atoms with E-state index in [1.54, 1.807) is 24.3 Å². The lowest BCUT2D eigenvalue weighted by Gasteiger charge is -2.10. The molecule has 4 nitrogen and oxygen atoms in total. The Labute approximate surface area is 128 Å². The maximum atomic E-state index is 11.8. The molecule has 0 heterocycles. The van der Waals surface area contributed by atoms with E-state index in [4.69, 9.17) is 22.1 Å². The molecule has 0 aliphatic rings. The van der Waals surface area contributed by atoms with Crippen molar-refractivity contribution in [1.82, 2.24) is 5.32 Å². The minimum Gasteiger partial charge on any atom is -0.484 e. The molecule has 0 saturated carbocycles. The quantitative estimate of drug-likeness (QED) is 0.835. The molecule has 2 rings (SSSR count). The van der Waals surface area contributed by atoms with E-state index in [-0.39, 0.29) is 12.5 Å². The van der Waals surface area contributed by atoms with Crippen molar-refractivity contribution in [2.24, 2.45) is 0 Å². The van der Waals surface area contributed by atoms with Crippen LogP contribution in [0.2, 0.25) is 5.02 Å². The molecule has 0 unspecified atom stereocenters. The minimum atomic E-state index is -0.197. The number of anilines is 1. The average molecular weight is 305 g/mol. The summed E-state index contributed by atoms with van der Waals surface area (Å²) in [5.41, 5.74) is 8.52. The van der Waals surface area contributed by atoms with Crippen LogP contribution in [-0.2, 0) is 11.3 Å². The van der Waals surface area contributed by atoms with Gasteiger partial charge in [0.15, 0.2) is 6.61 Å². The molecule has 0 spiro atoms. The number of ether oxygens (including phenoxy) is 1. The molecule has 0 bridgehead atoms. The Morgan fingerprint density at radius 2 is 2.05 bits per heavy atom. The highest BCUT2D eigenvalue weighted by atomic mass is 35.5. The first kappa shape index (κ1) is 15.2. The van der Waals surface area contributed by atoms with Crippen molar-refractivity contribution in [3.8, 4) is 5.75 Å². The highest BCUT2D eigenvalue weighted by Gasteiger charge is 2.05. The molecule has 3 N–H and O–H groups in total. The first-order valence-corrected chi connectivity index (χ1v) is 6.93. The van der Waals surface area contributed by atoms with Crippen molar-refractivity contribution < 1.29 is 9.53 Å². The molecular weight excluding hydrogens is 288 g/mol. The first-order chi connectivity index (χ1) is 10.1. The predicted molar refractivity (Wildman–Crippen MR) is 84.4 cm³/mol. The van der Waals surface area contributed by atoms with E-state index in [1.807, 2.05) is 25.1 Å². The Bertz CT molecular complexity index is 644. The molecule has 5 heteroatoms. The van der Waals surface area contributed by atoms with Crippen molar-refractivity contribution in [1.29, 1.82) is 0 Å². The number of carbonyl (C=O) groups excluding carboxylic acids is 1. The van der Waals surface area contributed by atoms with E-state index in [1.165, 1.54) is 0 Å². The Kier molecular flexibility index (Phi) is 5.06. The van der Waals surface area contributed by atoms with Crippen molar-refractivity contribution in [2.75, 3.05) is 12.3 Å². The Hall–Kier alpha value is -2.20. The Morgan fingerprint density at radius 3 is 2.81 bits per heavy atom. The Balaban J connectivity index is 1.84. The molecule has 2 aromatic carbocycles. The summed E-state index contributed by atoms with van der Waals surface area (Å²) in [6, 6.07) is 12.6. The second-order valence-electron chi connectivity index (χ2n) is 4.65. The van der Waals surface area contributed by atoms with Crippen LogP contribution in [0.25, 0.3) is 0 Å². The van der Waals surface area contributed by atoms with Gasteiger partial charge in [-0.3, -0.25) is 4.79 Å². The summed E-state index contributed by atoms with van der Waals surface area (Å²) < 4.78 is 5.37. The number of hydrogen-bond donors (Lipinski definition) is 2. The average Bonchev–Trinajstić information content (AvgIpc) is 2.47. The number of amides is 1. The first-order valence-electron chi connectivity index (χ1n) is 6.55. The van der Waals surface area contributed by atoms with Gasteiger partial charge in [0.05, 0.1) is 0 Å². The second-order valence-corrected chi connectivity index (χ2v) is 5.09. The SMILES string of the molecule is Cc1c(N)cccc1CNC(=O)COc1cccc(Cl)c1. The van der Waals surface area contributed by atoms with Gasteiger partial charge in [-0.1, -0.05) is 29.8 Å². The molecule has 0 aliphatic heterocycles. The van der Waals surface area contributed by atoms with Gasteiger partial charge in [-0.05, 0) is 42.3 Å². The summed E-state index contributed by atoms with van der Waals surface area (Å²) in [5, 5.41) is 3.37. The van der Waals surface area contributed by atoms with Gasteiger partial charge < -0.3 is 15.8 Å². The number of carbonyl (C=O) groups is 1. The van der Waals surface area contributed by atoms with Crippen LogP contribution < -0.4 is 15.8 Å². The van der Waals surface area contributed by atoms with E-state index in [2.05, 4.69) is 5.32 Å². The summed E-state index contributed by atoms with van der Waals surface area (Å²) >= 11 is 5.84. The van der Waals surface area contributed by atoms with Crippen LogP contribution in [-0.4, -0.2) is 12.5 Å². The number of nitrogen functional groups attached to an aromatic ring is 1. The summed E-state index contributed by atoms with van der Waals surface area (Å²) in [7, 11) is 0. The number of halogens is 1. The molecule has 21 heavy (non-hydrogen) atoms. The van der Waals surface area contributed by atoms with Gasteiger partial charge >= 0.3 is 0 Å². The van der Waals surface area contributed by atoms with Crippen molar-refractivity contribution in [2.45, 2.75) is 13.5 Å². The molecular formula is C16H17ClN2O2. The largest absolute Gasteiger partial charge is 0.484 e. The lowest BCUT2D eigenvalue weighted by molar-refractivity contribution is -0.123. The monoisotopic (exact) mass is 304 g/mol. The molecule has 0 aliphatic carbocycles. The fourth-order valence-electron chi connectivity index (χ4n) is 1.85. The van der Waals surface area contributed by atoms with Crippen molar-refractivity contribution >= 4 is 23.2 Å². The van der Waals surface area contributed by atoms with Crippen LogP contribution in [0.1, 0.15) is 11.1 Å². The second kappa shape index (κ2) is 6.99. The van der Waals surface area contributed by atoms with Gasteiger partial charge in [0.25, 0.3) is 5.91 Å². The summed E-state index contributed by atoms with van der Waals surface area (Å²) in [4.78, 5) is 11.8. The van der Waals surface area contributed by atoms with E-state index in [9.17, 15) is 4.79 Å². The van der Waals surface area contributed by atoms with E-state index < -0.39 is 0 Å². The maximum Gasteiger partial charge on any atom is 0.258 e. The zero-order chi connectivity index (χ0) is 15.2. The summed E-state index contributed by atoms with van der Waals surface area (Å²) in [6.45, 7) is 2.30. The van der Waals surface area contributed by atoms with Crippen LogP contribution >= 0.6 is 11.6 Å². The van der Waals surface area contributed by atoms with Gasteiger partial charge in [0, 0.05) is 17.3 Å². The maximum absolute atomic E-state index is 11.8. The number of hydrogen-bond acceptors (Lipinski definition) is 3. The zero-order valence-corrected chi connectivity index (χ0v) is 12.5. The normalized spacial score (nSPS) is 10.2. The van der Waals surface area contributed by atoms with Crippen LogP contribution in [0, 0.1) is 6.92 Å². The lowest BCUT2D eigenvalue weighted by Crippen LogP contribution is -2.28. The highest BCUT2D eigenvalue weighted by Crippen LogP contribution is 2.17.